The van der Waals surface area contributed by atoms with Gasteiger partial charge in [-0.3, -0.25) is 10.1 Å². The van der Waals surface area contributed by atoms with E-state index in [0.717, 1.165) is 11.3 Å². The van der Waals surface area contributed by atoms with Crippen molar-refractivity contribution in [2.45, 2.75) is 18.5 Å². The minimum atomic E-state index is -1.03. The number of benzene rings is 3. The zero-order chi connectivity index (χ0) is 24.7. The summed E-state index contributed by atoms with van der Waals surface area (Å²) in [6.07, 6.45) is 0.125. The van der Waals surface area contributed by atoms with E-state index in [2.05, 4.69) is 21.2 Å². The number of rotatable bonds is 11. The average molecular weight is 531 g/mol. The zero-order valence-electron chi connectivity index (χ0n) is 19.4. The van der Waals surface area contributed by atoms with E-state index in [4.69, 9.17) is 18.9 Å². The molecule has 3 aromatic rings. The van der Waals surface area contributed by atoms with Gasteiger partial charge in [-0.25, -0.2) is 0 Å². The third-order valence-corrected chi connectivity index (χ3v) is 6.26. The minimum Gasteiger partial charge on any atom is -0.497 e. The summed E-state index contributed by atoms with van der Waals surface area (Å²) < 4.78 is 22.2. The van der Waals surface area contributed by atoms with Gasteiger partial charge in [0.15, 0.2) is 11.5 Å². The molecule has 8 nitrogen and oxygen atoms in total. The molecule has 3 rings (SSSR count). The lowest BCUT2D eigenvalue weighted by atomic mass is 9.93. The Morgan fingerprint density at radius 1 is 0.882 bits per heavy atom. The maximum absolute atomic E-state index is 12.4. The van der Waals surface area contributed by atoms with Crippen molar-refractivity contribution in [3.8, 4) is 23.0 Å². The zero-order valence-corrected chi connectivity index (χ0v) is 21.0. The molecule has 0 fully saturated rings. The van der Waals surface area contributed by atoms with Crippen LogP contribution in [0, 0.1) is 10.1 Å². The maximum Gasteiger partial charge on any atom is 0.241 e. The number of ether oxygens (including phenoxy) is 4. The third kappa shape index (κ3) is 5.72. The highest BCUT2D eigenvalue weighted by Crippen LogP contribution is 2.37. The van der Waals surface area contributed by atoms with Crippen LogP contribution >= 0.6 is 15.9 Å². The van der Waals surface area contributed by atoms with E-state index in [1.165, 1.54) is 7.11 Å². The van der Waals surface area contributed by atoms with E-state index >= 15 is 0 Å². The van der Waals surface area contributed by atoms with E-state index in [9.17, 15) is 10.1 Å². The van der Waals surface area contributed by atoms with Gasteiger partial charge in [-0.05, 0) is 48.0 Å². The van der Waals surface area contributed by atoms with Crippen molar-refractivity contribution >= 4 is 21.6 Å². The molecule has 0 unspecified atom stereocenters. The molecule has 0 aromatic heterocycles. The first kappa shape index (κ1) is 25.2. The predicted molar refractivity (Wildman–Crippen MR) is 134 cm³/mol. The van der Waals surface area contributed by atoms with E-state index < -0.39 is 12.1 Å². The lowest BCUT2D eigenvalue weighted by Crippen LogP contribution is -2.35. The van der Waals surface area contributed by atoms with Crippen molar-refractivity contribution < 1.29 is 23.9 Å². The van der Waals surface area contributed by atoms with E-state index in [1.807, 2.05) is 30.3 Å². The van der Waals surface area contributed by atoms with E-state index in [0.29, 0.717) is 33.0 Å². The molecule has 0 saturated carbocycles. The molecule has 0 aliphatic rings. The van der Waals surface area contributed by atoms with Crippen LogP contribution in [-0.4, -0.2) is 39.4 Å². The Bertz CT molecular complexity index is 1120. The fraction of sp³-hybridized carbons (Fsp3) is 0.280. The Hall–Kier alpha value is -3.46. The Morgan fingerprint density at radius 3 is 2.09 bits per heavy atom. The molecule has 0 aliphatic heterocycles. The molecular formula is C25H27BrN2O6. The number of hydrogen-bond donors (Lipinski definition) is 1. The van der Waals surface area contributed by atoms with Gasteiger partial charge in [-0.15, -0.1) is 0 Å². The molecule has 0 saturated heterocycles. The molecule has 0 spiro atoms. The van der Waals surface area contributed by atoms with E-state index in [1.54, 1.807) is 51.7 Å². The van der Waals surface area contributed by atoms with Crippen LogP contribution in [0.25, 0.3) is 0 Å². The molecule has 1 N–H and O–H groups in total. The predicted octanol–water partition coefficient (Wildman–Crippen LogP) is 5.52. The second-order valence-electron chi connectivity index (χ2n) is 7.45. The lowest BCUT2D eigenvalue weighted by molar-refractivity contribution is -0.525. The highest BCUT2D eigenvalue weighted by atomic mass is 79.9. The summed E-state index contributed by atoms with van der Waals surface area (Å²) in [4.78, 5) is 12.2. The monoisotopic (exact) mass is 530 g/mol. The van der Waals surface area contributed by atoms with Crippen molar-refractivity contribution in [1.82, 2.24) is 0 Å². The van der Waals surface area contributed by atoms with Gasteiger partial charge in [0, 0.05) is 27.1 Å². The van der Waals surface area contributed by atoms with Crippen LogP contribution in [0.2, 0.25) is 0 Å². The summed E-state index contributed by atoms with van der Waals surface area (Å²) in [6.45, 7) is 0. The Morgan fingerprint density at radius 2 is 1.50 bits per heavy atom. The lowest BCUT2D eigenvalue weighted by Gasteiger charge is -2.26. The first-order valence-corrected chi connectivity index (χ1v) is 11.3. The number of hydrogen-bond acceptors (Lipinski definition) is 7. The van der Waals surface area contributed by atoms with Crippen LogP contribution < -0.4 is 24.3 Å². The van der Waals surface area contributed by atoms with Gasteiger partial charge in [0.05, 0.1) is 28.4 Å². The van der Waals surface area contributed by atoms with Crippen molar-refractivity contribution in [3.63, 3.8) is 0 Å². The van der Waals surface area contributed by atoms with Gasteiger partial charge in [0.1, 0.15) is 17.5 Å². The topological polar surface area (TPSA) is 92.1 Å². The summed E-state index contributed by atoms with van der Waals surface area (Å²) in [5.41, 5.74) is 2.12. The van der Waals surface area contributed by atoms with Gasteiger partial charge in [0.2, 0.25) is 6.04 Å². The van der Waals surface area contributed by atoms with Crippen LogP contribution in [0.4, 0.5) is 5.69 Å². The van der Waals surface area contributed by atoms with Crippen LogP contribution in [0.15, 0.2) is 65.1 Å². The van der Waals surface area contributed by atoms with Crippen LogP contribution in [0.3, 0.4) is 0 Å². The number of anilines is 1. The minimum absolute atomic E-state index is 0.125. The van der Waals surface area contributed by atoms with Gasteiger partial charge in [-0.2, -0.15) is 0 Å². The van der Waals surface area contributed by atoms with Gasteiger partial charge >= 0.3 is 0 Å². The summed E-state index contributed by atoms with van der Waals surface area (Å²) in [6, 6.07) is 16.3. The molecule has 34 heavy (non-hydrogen) atoms. The number of nitrogens with one attached hydrogen (secondary N) is 1. The van der Waals surface area contributed by atoms with E-state index in [-0.39, 0.29) is 11.3 Å². The van der Waals surface area contributed by atoms with Crippen molar-refractivity contribution in [2.75, 3.05) is 33.8 Å². The summed E-state index contributed by atoms with van der Waals surface area (Å²) >= 11 is 3.53. The normalized spacial score (nSPS) is 12.4. The molecule has 3 aromatic carbocycles. The second-order valence-corrected chi connectivity index (χ2v) is 8.30. The quantitative estimate of drug-likeness (QED) is 0.257. The summed E-state index contributed by atoms with van der Waals surface area (Å²) in [5.74, 6) is 2.29. The fourth-order valence-corrected chi connectivity index (χ4v) is 4.25. The SMILES string of the molecule is COc1ccc(N[C@H](c2ccccc2OC)[C@H](Cc2cc(OC)c(OC)cc2Br)[N+](=O)[O-])cc1. The summed E-state index contributed by atoms with van der Waals surface area (Å²) in [5, 5.41) is 15.8. The number of nitro groups is 1. The van der Waals surface area contributed by atoms with Crippen LogP contribution in [-0.2, 0) is 6.42 Å². The van der Waals surface area contributed by atoms with Crippen molar-refractivity contribution in [3.05, 3.63) is 86.4 Å². The smallest absolute Gasteiger partial charge is 0.241 e. The first-order chi connectivity index (χ1) is 16.4. The molecule has 0 bridgehead atoms. The molecular weight excluding hydrogens is 504 g/mol. The number of halogens is 1. The van der Waals surface area contributed by atoms with Crippen LogP contribution in [0.5, 0.6) is 23.0 Å². The number of para-hydroxylation sites is 1. The molecule has 0 aliphatic carbocycles. The standard InChI is InChI=1S/C25H27BrN2O6/c1-31-18-11-9-17(10-12-18)27-25(19-7-5-6-8-22(19)32-2)21(28(29)30)13-16-14-23(33-3)24(34-4)15-20(16)26/h5-12,14-15,21,25,27H,13H2,1-4H3/t21-,25+/m0/s1. The first-order valence-electron chi connectivity index (χ1n) is 10.5. The second kappa shape index (κ2) is 11.6. The largest absolute Gasteiger partial charge is 0.497 e. The van der Waals surface area contributed by atoms with Gasteiger partial charge < -0.3 is 24.3 Å². The third-order valence-electron chi connectivity index (χ3n) is 5.52. The highest BCUT2D eigenvalue weighted by molar-refractivity contribution is 9.10. The average Bonchev–Trinajstić information content (AvgIpc) is 2.86. The Balaban J connectivity index is 2.06. The number of nitrogens with zero attached hydrogens (tertiary/aromatic N) is 1. The summed E-state index contributed by atoms with van der Waals surface area (Å²) in [7, 11) is 6.21. The molecule has 0 radical (unpaired) electrons. The van der Waals surface area contributed by atoms with Crippen molar-refractivity contribution in [2.24, 2.45) is 0 Å². The van der Waals surface area contributed by atoms with Crippen LogP contribution in [0.1, 0.15) is 17.2 Å². The highest BCUT2D eigenvalue weighted by Gasteiger charge is 2.36. The molecule has 2 atom stereocenters. The molecule has 9 heteroatoms. The molecule has 0 amide bonds. The Kier molecular flexibility index (Phi) is 8.59. The molecule has 180 valence electrons. The molecule has 0 heterocycles. The maximum atomic E-state index is 12.4. The van der Waals surface area contributed by atoms with Crippen molar-refractivity contribution in [1.29, 1.82) is 0 Å². The van der Waals surface area contributed by atoms with Gasteiger partial charge in [0.25, 0.3) is 0 Å². The Labute approximate surface area is 207 Å². The van der Waals surface area contributed by atoms with Gasteiger partial charge in [-0.1, -0.05) is 34.1 Å². The number of methoxy groups -OCH3 is 4. The fourth-order valence-electron chi connectivity index (χ4n) is 3.76.